The predicted octanol–water partition coefficient (Wildman–Crippen LogP) is 0.492. The van der Waals surface area contributed by atoms with Crippen LogP contribution in [0.15, 0.2) is 0 Å². The highest BCUT2D eigenvalue weighted by atomic mass is 16.5. The average Bonchev–Trinajstić information content (AvgIpc) is 2.00. The zero-order valence-electron chi connectivity index (χ0n) is 7.88. The molecule has 0 saturated heterocycles. The van der Waals surface area contributed by atoms with Gasteiger partial charge in [-0.2, -0.15) is 0 Å². The summed E-state index contributed by atoms with van der Waals surface area (Å²) < 4.78 is 5.22. The van der Waals surface area contributed by atoms with Crippen LogP contribution in [0, 0.1) is 0 Å². The van der Waals surface area contributed by atoms with Gasteiger partial charge in [0.2, 0.25) is 0 Å². The number of rotatable bonds is 6. The second-order valence-electron chi connectivity index (χ2n) is 3.43. The van der Waals surface area contributed by atoms with E-state index in [4.69, 9.17) is 10.5 Å². The topological polar surface area (TPSA) is 47.3 Å². The molecule has 0 aromatic carbocycles. The third-order valence-corrected chi connectivity index (χ3v) is 2.28. The lowest BCUT2D eigenvalue weighted by atomic mass is 9.88. The highest BCUT2D eigenvalue weighted by Gasteiger charge is 2.24. The van der Waals surface area contributed by atoms with Gasteiger partial charge in [0.15, 0.2) is 0 Å². The Morgan fingerprint density at radius 3 is 2.83 bits per heavy atom. The molecule has 3 heteroatoms. The van der Waals surface area contributed by atoms with Gasteiger partial charge in [-0.25, -0.2) is 0 Å². The van der Waals surface area contributed by atoms with Gasteiger partial charge in [0, 0.05) is 25.3 Å². The molecule has 0 bridgehead atoms. The summed E-state index contributed by atoms with van der Waals surface area (Å²) in [5.41, 5.74) is 5.66. The van der Waals surface area contributed by atoms with E-state index < -0.39 is 0 Å². The first-order valence-electron chi connectivity index (χ1n) is 4.89. The van der Waals surface area contributed by atoms with Crippen LogP contribution in [0.4, 0.5) is 0 Å². The zero-order chi connectivity index (χ0) is 8.81. The van der Waals surface area contributed by atoms with Crippen LogP contribution in [0.25, 0.3) is 0 Å². The smallest absolute Gasteiger partial charge is 0.0477 e. The van der Waals surface area contributed by atoms with Gasteiger partial charge < -0.3 is 15.8 Å². The van der Waals surface area contributed by atoms with Gasteiger partial charge in [-0.15, -0.1) is 0 Å². The Morgan fingerprint density at radius 1 is 1.50 bits per heavy atom. The van der Waals surface area contributed by atoms with Crippen molar-refractivity contribution in [3.05, 3.63) is 0 Å². The Bertz CT molecular complexity index is 113. The molecule has 1 rings (SSSR count). The van der Waals surface area contributed by atoms with Crippen LogP contribution in [0.5, 0.6) is 0 Å². The van der Waals surface area contributed by atoms with Crippen molar-refractivity contribution in [1.82, 2.24) is 5.32 Å². The Hall–Kier alpha value is -0.120. The van der Waals surface area contributed by atoms with E-state index in [1.165, 1.54) is 0 Å². The normalized spacial score (nSPS) is 28.5. The lowest BCUT2D eigenvalue weighted by molar-refractivity contribution is 0.142. The monoisotopic (exact) mass is 172 g/mol. The molecule has 3 nitrogen and oxygen atoms in total. The van der Waals surface area contributed by atoms with E-state index in [2.05, 4.69) is 5.32 Å². The molecule has 1 aliphatic rings. The maximum absolute atomic E-state index is 5.66. The number of nitrogens with two attached hydrogens (primary N) is 1. The second kappa shape index (κ2) is 5.51. The highest BCUT2D eigenvalue weighted by Crippen LogP contribution is 2.16. The Morgan fingerprint density at radius 2 is 2.25 bits per heavy atom. The maximum Gasteiger partial charge on any atom is 0.0477 e. The maximum atomic E-state index is 5.66. The van der Waals surface area contributed by atoms with Crippen molar-refractivity contribution in [3.63, 3.8) is 0 Å². The second-order valence-corrected chi connectivity index (χ2v) is 3.43. The van der Waals surface area contributed by atoms with Crippen molar-refractivity contribution in [3.8, 4) is 0 Å². The summed E-state index contributed by atoms with van der Waals surface area (Å²) in [7, 11) is 0. The van der Waals surface area contributed by atoms with Crippen LogP contribution < -0.4 is 11.1 Å². The number of ether oxygens (including phenoxy) is 1. The van der Waals surface area contributed by atoms with Crippen LogP contribution >= 0.6 is 0 Å². The highest BCUT2D eigenvalue weighted by molar-refractivity contribution is 4.87. The number of hydrogen-bond acceptors (Lipinski definition) is 3. The first-order chi connectivity index (χ1) is 5.83. The average molecular weight is 172 g/mol. The zero-order valence-corrected chi connectivity index (χ0v) is 7.88. The van der Waals surface area contributed by atoms with Gasteiger partial charge in [-0.05, 0) is 32.7 Å². The molecule has 0 heterocycles. The summed E-state index contributed by atoms with van der Waals surface area (Å²) in [6, 6.07) is 1.14. The molecule has 0 unspecified atom stereocenters. The van der Waals surface area contributed by atoms with Crippen molar-refractivity contribution in [2.75, 3.05) is 19.8 Å². The largest absolute Gasteiger partial charge is 0.382 e. The molecule has 0 spiro atoms. The van der Waals surface area contributed by atoms with Gasteiger partial charge in [0.25, 0.3) is 0 Å². The van der Waals surface area contributed by atoms with Crippen LogP contribution in [-0.2, 0) is 4.74 Å². The first kappa shape index (κ1) is 9.96. The van der Waals surface area contributed by atoms with E-state index in [9.17, 15) is 0 Å². The lowest BCUT2D eigenvalue weighted by Crippen LogP contribution is -2.48. The summed E-state index contributed by atoms with van der Waals surface area (Å²) in [5.74, 6) is 0. The SMILES string of the molecule is CCOCCCNC1CC(N)C1. The van der Waals surface area contributed by atoms with Crippen LogP contribution in [0.2, 0.25) is 0 Å². The molecule has 0 aromatic heterocycles. The Labute approximate surface area is 74.7 Å². The molecule has 0 radical (unpaired) electrons. The molecule has 1 saturated carbocycles. The fraction of sp³-hybridized carbons (Fsp3) is 1.00. The molecule has 0 amide bonds. The fourth-order valence-electron chi connectivity index (χ4n) is 1.45. The quantitative estimate of drug-likeness (QED) is 0.573. The molecule has 12 heavy (non-hydrogen) atoms. The fourth-order valence-corrected chi connectivity index (χ4v) is 1.45. The van der Waals surface area contributed by atoms with Crippen molar-refractivity contribution >= 4 is 0 Å². The van der Waals surface area contributed by atoms with Crippen LogP contribution in [0.3, 0.4) is 0 Å². The number of nitrogens with one attached hydrogen (secondary N) is 1. The van der Waals surface area contributed by atoms with Gasteiger partial charge >= 0.3 is 0 Å². The summed E-state index contributed by atoms with van der Waals surface area (Å²) in [5, 5.41) is 3.45. The molecule has 1 aliphatic carbocycles. The van der Waals surface area contributed by atoms with Gasteiger partial charge in [-0.1, -0.05) is 0 Å². The summed E-state index contributed by atoms with van der Waals surface area (Å²) in [4.78, 5) is 0. The van der Waals surface area contributed by atoms with E-state index >= 15 is 0 Å². The van der Waals surface area contributed by atoms with E-state index in [1.807, 2.05) is 6.92 Å². The molecule has 0 aromatic rings. The molecular weight excluding hydrogens is 152 g/mol. The van der Waals surface area contributed by atoms with E-state index in [0.29, 0.717) is 12.1 Å². The van der Waals surface area contributed by atoms with Gasteiger partial charge in [0.05, 0.1) is 0 Å². The minimum atomic E-state index is 0.453. The Balaban J connectivity index is 1.77. The summed E-state index contributed by atoms with van der Waals surface area (Å²) in [6.45, 7) is 4.80. The molecule has 1 fully saturated rings. The van der Waals surface area contributed by atoms with Crippen molar-refractivity contribution in [2.24, 2.45) is 5.73 Å². The third-order valence-electron chi connectivity index (χ3n) is 2.28. The van der Waals surface area contributed by atoms with E-state index in [1.54, 1.807) is 0 Å². The Kier molecular flexibility index (Phi) is 4.58. The first-order valence-corrected chi connectivity index (χ1v) is 4.89. The van der Waals surface area contributed by atoms with E-state index in [0.717, 1.165) is 39.0 Å². The molecule has 3 N–H and O–H groups in total. The van der Waals surface area contributed by atoms with Crippen molar-refractivity contribution in [1.29, 1.82) is 0 Å². The molecule has 0 atom stereocenters. The minimum Gasteiger partial charge on any atom is -0.382 e. The minimum absolute atomic E-state index is 0.453. The van der Waals surface area contributed by atoms with Gasteiger partial charge in [0.1, 0.15) is 0 Å². The lowest BCUT2D eigenvalue weighted by Gasteiger charge is -2.33. The predicted molar refractivity (Wildman–Crippen MR) is 50.1 cm³/mol. The van der Waals surface area contributed by atoms with Crippen LogP contribution in [-0.4, -0.2) is 31.8 Å². The summed E-state index contributed by atoms with van der Waals surface area (Å²) >= 11 is 0. The van der Waals surface area contributed by atoms with Crippen molar-refractivity contribution in [2.45, 2.75) is 38.3 Å². The van der Waals surface area contributed by atoms with Gasteiger partial charge in [-0.3, -0.25) is 0 Å². The number of hydrogen-bond donors (Lipinski definition) is 2. The molecule has 72 valence electrons. The van der Waals surface area contributed by atoms with Crippen LogP contribution in [0.1, 0.15) is 26.2 Å². The third kappa shape index (κ3) is 3.52. The standard InChI is InChI=1S/C9H20N2O/c1-2-12-5-3-4-11-9-6-8(10)7-9/h8-9,11H,2-7,10H2,1H3. The molecular formula is C9H20N2O. The molecule has 0 aliphatic heterocycles. The summed E-state index contributed by atoms with van der Waals surface area (Å²) in [6.07, 6.45) is 3.41. The van der Waals surface area contributed by atoms with Crippen molar-refractivity contribution < 1.29 is 4.74 Å². The van der Waals surface area contributed by atoms with E-state index in [-0.39, 0.29) is 0 Å².